The molecule has 5 nitrogen and oxygen atoms in total. The molecular weight excluding hydrogens is 321 g/mol. The average Bonchev–Trinajstić information content (AvgIpc) is 2.44. The molecule has 0 aliphatic rings. The van der Waals surface area contributed by atoms with E-state index < -0.39 is 5.41 Å². The number of carbonyl (C=O) groups is 2. The number of halogens is 2. The minimum atomic E-state index is -0.432. The molecule has 0 saturated heterocycles. The first kappa shape index (κ1) is 19.2. The standard InChI is InChI=1S/C16H23ClFN3O2/c1-11(22)19-7-4-8-20-15(23)21-10-16(2,3)13-6-5-12(18)9-14(13)17/h5-6,9H,4,7-8,10H2,1-3H3,(H,19,22)(H2,20,21,23). The molecule has 1 rings (SSSR count). The van der Waals surface area contributed by atoms with Crippen molar-refractivity contribution in [1.82, 2.24) is 16.0 Å². The van der Waals surface area contributed by atoms with Crippen molar-refractivity contribution in [3.8, 4) is 0 Å². The van der Waals surface area contributed by atoms with Crippen molar-refractivity contribution in [3.63, 3.8) is 0 Å². The minimum Gasteiger partial charge on any atom is -0.356 e. The van der Waals surface area contributed by atoms with E-state index in [-0.39, 0.29) is 17.8 Å². The Balaban J connectivity index is 2.40. The van der Waals surface area contributed by atoms with Crippen LogP contribution in [0.5, 0.6) is 0 Å². The summed E-state index contributed by atoms with van der Waals surface area (Å²) in [5, 5.41) is 8.48. The summed E-state index contributed by atoms with van der Waals surface area (Å²) in [7, 11) is 0. The van der Waals surface area contributed by atoms with Gasteiger partial charge in [-0.3, -0.25) is 4.79 Å². The van der Waals surface area contributed by atoms with Gasteiger partial charge in [0.1, 0.15) is 5.82 Å². The quantitative estimate of drug-likeness (QED) is 0.666. The summed E-state index contributed by atoms with van der Waals surface area (Å²) in [5.41, 5.74) is 0.338. The van der Waals surface area contributed by atoms with Gasteiger partial charge in [-0.25, -0.2) is 9.18 Å². The van der Waals surface area contributed by atoms with Crippen molar-refractivity contribution in [2.75, 3.05) is 19.6 Å². The number of carbonyl (C=O) groups excluding carboxylic acids is 2. The van der Waals surface area contributed by atoms with E-state index in [1.54, 1.807) is 6.07 Å². The molecule has 3 N–H and O–H groups in total. The third-order valence-electron chi connectivity index (χ3n) is 3.36. The highest BCUT2D eigenvalue weighted by atomic mass is 35.5. The number of hydrogen-bond donors (Lipinski definition) is 3. The Bertz CT molecular complexity index is 564. The highest BCUT2D eigenvalue weighted by Crippen LogP contribution is 2.29. The van der Waals surface area contributed by atoms with Crippen LogP contribution in [0.1, 0.15) is 32.8 Å². The second kappa shape index (κ2) is 8.72. The molecule has 0 aromatic heterocycles. The predicted molar refractivity (Wildman–Crippen MR) is 89.1 cm³/mol. The Labute approximate surface area is 141 Å². The molecule has 1 aromatic carbocycles. The fourth-order valence-electron chi connectivity index (χ4n) is 2.05. The summed E-state index contributed by atoms with van der Waals surface area (Å²) in [6.45, 7) is 6.63. The fourth-order valence-corrected chi connectivity index (χ4v) is 2.48. The normalized spacial score (nSPS) is 11.0. The van der Waals surface area contributed by atoms with Crippen LogP contribution in [0, 0.1) is 5.82 Å². The number of nitrogens with one attached hydrogen (secondary N) is 3. The zero-order valence-corrected chi connectivity index (χ0v) is 14.4. The molecule has 0 heterocycles. The van der Waals surface area contributed by atoms with Gasteiger partial charge in [-0.05, 0) is 24.1 Å². The highest BCUT2D eigenvalue weighted by Gasteiger charge is 2.24. The topological polar surface area (TPSA) is 70.2 Å². The number of hydrogen-bond acceptors (Lipinski definition) is 2. The zero-order chi connectivity index (χ0) is 17.5. The van der Waals surface area contributed by atoms with E-state index in [0.717, 1.165) is 5.56 Å². The van der Waals surface area contributed by atoms with Crippen LogP contribution in [0.3, 0.4) is 0 Å². The van der Waals surface area contributed by atoms with Gasteiger partial charge < -0.3 is 16.0 Å². The van der Waals surface area contributed by atoms with Gasteiger partial charge >= 0.3 is 6.03 Å². The summed E-state index contributed by atoms with van der Waals surface area (Å²) in [4.78, 5) is 22.4. The molecular formula is C16H23ClFN3O2. The number of urea groups is 1. The molecule has 0 saturated carbocycles. The molecule has 0 aliphatic carbocycles. The first-order valence-corrected chi connectivity index (χ1v) is 7.82. The van der Waals surface area contributed by atoms with Gasteiger partial charge in [0.2, 0.25) is 5.91 Å². The smallest absolute Gasteiger partial charge is 0.314 e. The summed E-state index contributed by atoms with van der Waals surface area (Å²) < 4.78 is 13.1. The Hall–Kier alpha value is -1.82. The van der Waals surface area contributed by atoms with Crippen molar-refractivity contribution in [2.24, 2.45) is 0 Å². The monoisotopic (exact) mass is 343 g/mol. The third-order valence-corrected chi connectivity index (χ3v) is 3.68. The molecule has 23 heavy (non-hydrogen) atoms. The van der Waals surface area contributed by atoms with Crippen molar-refractivity contribution < 1.29 is 14.0 Å². The minimum absolute atomic E-state index is 0.0904. The second-order valence-electron chi connectivity index (χ2n) is 5.95. The summed E-state index contributed by atoms with van der Waals surface area (Å²) >= 11 is 6.07. The van der Waals surface area contributed by atoms with Crippen LogP contribution in [0.15, 0.2) is 18.2 Å². The van der Waals surface area contributed by atoms with Gasteiger partial charge in [-0.2, -0.15) is 0 Å². The Morgan fingerprint density at radius 1 is 1.17 bits per heavy atom. The number of rotatable bonds is 7. The van der Waals surface area contributed by atoms with E-state index in [0.29, 0.717) is 31.1 Å². The van der Waals surface area contributed by atoms with Crippen LogP contribution in [0.25, 0.3) is 0 Å². The third kappa shape index (κ3) is 6.86. The van der Waals surface area contributed by atoms with Gasteiger partial charge in [0.15, 0.2) is 0 Å². The molecule has 3 amide bonds. The SMILES string of the molecule is CC(=O)NCCCNC(=O)NCC(C)(C)c1ccc(F)cc1Cl. The zero-order valence-electron chi connectivity index (χ0n) is 13.6. The van der Waals surface area contributed by atoms with Gasteiger partial charge in [-0.15, -0.1) is 0 Å². The maximum atomic E-state index is 13.1. The van der Waals surface area contributed by atoms with Crippen LogP contribution >= 0.6 is 11.6 Å². The summed E-state index contributed by atoms with van der Waals surface area (Å²) in [6, 6.07) is 3.95. The Morgan fingerprint density at radius 2 is 1.83 bits per heavy atom. The van der Waals surface area contributed by atoms with E-state index in [9.17, 15) is 14.0 Å². The van der Waals surface area contributed by atoms with E-state index in [4.69, 9.17) is 11.6 Å². The molecule has 0 fully saturated rings. The highest BCUT2D eigenvalue weighted by molar-refractivity contribution is 6.31. The maximum Gasteiger partial charge on any atom is 0.314 e. The predicted octanol–water partition coefficient (Wildman–Crippen LogP) is 2.58. The maximum absolute atomic E-state index is 13.1. The molecule has 128 valence electrons. The molecule has 0 spiro atoms. The largest absolute Gasteiger partial charge is 0.356 e. The number of benzene rings is 1. The van der Waals surface area contributed by atoms with E-state index >= 15 is 0 Å². The van der Waals surface area contributed by atoms with Gasteiger partial charge in [0.05, 0.1) is 0 Å². The molecule has 0 atom stereocenters. The average molecular weight is 344 g/mol. The van der Waals surface area contributed by atoms with Gasteiger partial charge in [0, 0.05) is 37.0 Å². The lowest BCUT2D eigenvalue weighted by Crippen LogP contribution is -2.43. The van der Waals surface area contributed by atoms with E-state index in [1.165, 1.54) is 19.1 Å². The van der Waals surface area contributed by atoms with E-state index in [2.05, 4.69) is 16.0 Å². The van der Waals surface area contributed by atoms with Crippen molar-refractivity contribution in [3.05, 3.63) is 34.6 Å². The first-order chi connectivity index (χ1) is 10.7. The van der Waals surface area contributed by atoms with Crippen LogP contribution in [-0.4, -0.2) is 31.6 Å². The molecule has 7 heteroatoms. The Kier molecular flexibility index (Phi) is 7.29. The van der Waals surface area contributed by atoms with Crippen molar-refractivity contribution in [2.45, 2.75) is 32.6 Å². The number of amides is 3. The van der Waals surface area contributed by atoms with Crippen molar-refractivity contribution >= 4 is 23.5 Å². The molecule has 0 aliphatic heterocycles. The Morgan fingerprint density at radius 3 is 2.43 bits per heavy atom. The van der Waals surface area contributed by atoms with E-state index in [1.807, 2.05) is 13.8 Å². The summed E-state index contributed by atoms with van der Waals surface area (Å²) in [6.07, 6.45) is 0.653. The molecule has 0 radical (unpaired) electrons. The van der Waals surface area contributed by atoms with Crippen LogP contribution in [-0.2, 0) is 10.2 Å². The molecule has 0 unspecified atom stereocenters. The fraction of sp³-hybridized carbons (Fsp3) is 0.500. The van der Waals surface area contributed by atoms with Gasteiger partial charge in [0.25, 0.3) is 0 Å². The second-order valence-corrected chi connectivity index (χ2v) is 6.36. The lowest BCUT2D eigenvalue weighted by Gasteiger charge is -2.26. The molecule has 0 bridgehead atoms. The van der Waals surface area contributed by atoms with Crippen LogP contribution in [0.4, 0.5) is 9.18 Å². The first-order valence-electron chi connectivity index (χ1n) is 7.44. The summed E-state index contributed by atoms with van der Waals surface area (Å²) in [5.74, 6) is -0.480. The van der Waals surface area contributed by atoms with Crippen LogP contribution < -0.4 is 16.0 Å². The van der Waals surface area contributed by atoms with Crippen LogP contribution in [0.2, 0.25) is 5.02 Å². The molecule has 1 aromatic rings. The van der Waals surface area contributed by atoms with Crippen molar-refractivity contribution in [1.29, 1.82) is 0 Å². The lowest BCUT2D eigenvalue weighted by molar-refractivity contribution is -0.118. The lowest BCUT2D eigenvalue weighted by atomic mass is 9.84. The van der Waals surface area contributed by atoms with Gasteiger partial charge in [-0.1, -0.05) is 31.5 Å².